The molecule has 1 atom stereocenters. The summed E-state index contributed by atoms with van der Waals surface area (Å²) in [7, 11) is 0. The van der Waals surface area contributed by atoms with Crippen LogP contribution in [0.15, 0.2) is 4.79 Å². The van der Waals surface area contributed by atoms with Gasteiger partial charge in [-0.3, -0.25) is 9.36 Å². The van der Waals surface area contributed by atoms with Crippen molar-refractivity contribution in [2.45, 2.75) is 53.0 Å². The molecule has 0 saturated carbocycles. The molecule has 1 aromatic rings. The summed E-state index contributed by atoms with van der Waals surface area (Å²) in [5.41, 5.74) is 1.67. The highest BCUT2D eigenvalue weighted by Gasteiger charge is 2.20. The molecule has 0 radical (unpaired) electrons. The first-order valence-electron chi connectivity index (χ1n) is 7.38. The molecule has 0 aromatic carbocycles. The van der Waals surface area contributed by atoms with E-state index in [9.17, 15) is 9.59 Å². The van der Waals surface area contributed by atoms with Crippen molar-refractivity contribution in [3.05, 3.63) is 27.4 Å². The molecule has 21 heavy (non-hydrogen) atoms. The maximum absolute atomic E-state index is 12.3. The van der Waals surface area contributed by atoms with Crippen molar-refractivity contribution < 1.29 is 14.6 Å². The van der Waals surface area contributed by atoms with Crippen molar-refractivity contribution in [3.63, 3.8) is 0 Å². The minimum absolute atomic E-state index is 0.110. The third kappa shape index (κ3) is 4.14. The van der Waals surface area contributed by atoms with Crippen LogP contribution in [-0.2, 0) is 28.8 Å². The van der Waals surface area contributed by atoms with Gasteiger partial charge in [0.25, 0.3) is 0 Å². The third-order valence-corrected chi connectivity index (χ3v) is 3.43. The fraction of sp³-hybridized carbons (Fsp3) is 0.667. The van der Waals surface area contributed by atoms with Crippen molar-refractivity contribution in [3.8, 4) is 0 Å². The van der Waals surface area contributed by atoms with Crippen molar-refractivity contribution in [2.75, 3.05) is 13.2 Å². The van der Waals surface area contributed by atoms with Gasteiger partial charge in [-0.1, -0.05) is 13.8 Å². The molecule has 118 valence electrons. The molecule has 1 unspecified atom stereocenters. The van der Waals surface area contributed by atoms with Gasteiger partial charge in [0.15, 0.2) is 0 Å². The van der Waals surface area contributed by atoms with Crippen LogP contribution < -0.4 is 5.69 Å². The van der Waals surface area contributed by atoms with Gasteiger partial charge in [0, 0.05) is 17.9 Å². The van der Waals surface area contributed by atoms with E-state index in [1.165, 1.54) is 0 Å². The van der Waals surface area contributed by atoms with Crippen molar-refractivity contribution >= 4 is 5.97 Å². The zero-order valence-corrected chi connectivity index (χ0v) is 13.2. The number of aryl methyl sites for hydroxylation is 1. The lowest BCUT2D eigenvalue weighted by Crippen LogP contribution is -2.34. The highest BCUT2D eigenvalue weighted by Crippen LogP contribution is 2.17. The number of carbonyl (C=O) groups is 1. The maximum Gasteiger partial charge on any atom is 0.348 e. The van der Waals surface area contributed by atoms with Gasteiger partial charge in [-0.05, 0) is 26.7 Å². The first kappa shape index (κ1) is 17.4. The van der Waals surface area contributed by atoms with Crippen LogP contribution in [-0.4, -0.2) is 33.8 Å². The average Bonchev–Trinajstić information content (AvgIpc) is 2.44. The molecule has 0 aliphatic carbocycles. The molecule has 0 saturated heterocycles. The Morgan fingerprint density at radius 3 is 2.48 bits per heavy atom. The van der Waals surface area contributed by atoms with Crippen LogP contribution >= 0.6 is 0 Å². The Labute approximate surface area is 124 Å². The standard InChI is InChI=1S/C15H24N2O4/c1-5-12-11(8-14(18)19)13(6-2)17(15(20)16-12)10(4)9-21-7-3/h10H,5-9H2,1-4H3,(H,18,19). The van der Waals surface area contributed by atoms with E-state index in [4.69, 9.17) is 9.84 Å². The monoisotopic (exact) mass is 296 g/mol. The lowest BCUT2D eigenvalue weighted by molar-refractivity contribution is -0.136. The van der Waals surface area contributed by atoms with E-state index in [2.05, 4.69) is 4.98 Å². The summed E-state index contributed by atoms with van der Waals surface area (Å²) in [4.78, 5) is 27.4. The van der Waals surface area contributed by atoms with Gasteiger partial charge in [-0.25, -0.2) is 4.79 Å². The summed E-state index contributed by atoms with van der Waals surface area (Å²) in [5, 5.41) is 9.11. The van der Waals surface area contributed by atoms with Gasteiger partial charge in [0.05, 0.1) is 24.8 Å². The Bertz CT molecular complexity index is 551. The molecular weight excluding hydrogens is 272 g/mol. The number of aliphatic carboxylic acids is 1. The van der Waals surface area contributed by atoms with Crippen molar-refractivity contribution in [2.24, 2.45) is 0 Å². The second-order valence-electron chi connectivity index (χ2n) is 4.92. The number of carboxylic acid groups (broad SMARTS) is 1. The molecule has 1 heterocycles. The quantitative estimate of drug-likeness (QED) is 0.788. The first-order valence-corrected chi connectivity index (χ1v) is 7.38. The molecule has 0 spiro atoms. The number of nitrogens with zero attached hydrogens (tertiary/aromatic N) is 2. The number of hydrogen-bond donors (Lipinski definition) is 1. The van der Waals surface area contributed by atoms with Gasteiger partial charge >= 0.3 is 11.7 Å². The predicted molar refractivity (Wildman–Crippen MR) is 79.8 cm³/mol. The Kier molecular flexibility index (Phi) is 6.55. The van der Waals surface area contributed by atoms with Gasteiger partial charge in [-0.2, -0.15) is 4.98 Å². The van der Waals surface area contributed by atoms with E-state index in [1.54, 1.807) is 4.57 Å². The minimum atomic E-state index is -0.913. The SMILES string of the molecule is CCOCC(C)n1c(CC)c(CC(=O)O)c(CC)nc1=O. The number of rotatable bonds is 8. The molecule has 0 fully saturated rings. The highest BCUT2D eigenvalue weighted by atomic mass is 16.5. The van der Waals surface area contributed by atoms with Crippen LogP contribution in [0, 0.1) is 0 Å². The molecule has 6 nitrogen and oxygen atoms in total. The van der Waals surface area contributed by atoms with E-state index >= 15 is 0 Å². The lowest BCUT2D eigenvalue weighted by Gasteiger charge is -2.22. The fourth-order valence-corrected chi connectivity index (χ4v) is 2.51. The average molecular weight is 296 g/mol. The highest BCUT2D eigenvalue weighted by molar-refractivity contribution is 5.71. The molecule has 0 aliphatic rings. The Hall–Kier alpha value is -1.69. The van der Waals surface area contributed by atoms with Gasteiger partial charge in [0.1, 0.15) is 0 Å². The molecule has 1 rings (SSSR count). The number of carboxylic acids is 1. The van der Waals surface area contributed by atoms with E-state index < -0.39 is 5.97 Å². The Morgan fingerprint density at radius 1 is 1.33 bits per heavy atom. The Morgan fingerprint density at radius 2 is 2.00 bits per heavy atom. The van der Waals surface area contributed by atoms with Crippen LogP contribution in [0.5, 0.6) is 0 Å². The normalized spacial score (nSPS) is 12.4. The summed E-state index contributed by atoms with van der Waals surface area (Å²) < 4.78 is 6.95. The van der Waals surface area contributed by atoms with Crippen LogP contribution in [0.2, 0.25) is 0 Å². The third-order valence-electron chi connectivity index (χ3n) is 3.43. The predicted octanol–water partition coefficient (Wildman–Crippen LogP) is 1.59. The fourth-order valence-electron chi connectivity index (χ4n) is 2.51. The second kappa shape index (κ2) is 7.93. The molecule has 0 aliphatic heterocycles. The zero-order valence-electron chi connectivity index (χ0n) is 13.2. The van der Waals surface area contributed by atoms with E-state index in [0.29, 0.717) is 37.3 Å². The molecular formula is C15H24N2O4. The second-order valence-corrected chi connectivity index (χ2v) is 4.92. The number of aromatic nitrogens is 2. The van der Waals surface area contributed by atoms with Crippen LogP contribution in [0.25, 0.3) is 0 Å². The van der Waals surface area contributed by atoms with Gasteiger partial charge in [0.2, 0.25) is 0 Å². The zero-order chi connectivity index (χ0) is 16.0. The van der Waals surface area contributed by atoms with Crippen molar-refractivity contribution in [1.29, 1.82) is 0 Å². The summed E-state index contributed by atoms with van der Waals surface area (Å²) >= 11 is 0. The number of hydrogen-bond acceptors (Lipinski definition) is 4. The smallest absolute Gasteiger partial charge is 0.348 e. The largest absolute Gasteiger partial charge is 0.481 e. The maximum atomic E-state index is 12.3. The van der Waals surface area contributed by atoms with E-state index in [-0.39, 0.29) is 18.2 Å². The summed E-state index contributed by atoms with van der Waals surface area (Å²) in [5.74, 6) is -0.913. The van der Waals surface area contributed by atoms with Crippen molar-refractivity contribution in [1.82, 2.24) is 9.55 Å². The minimum Gasteiger partial charge on any atom is -0.481 e. The molecule has 0 amide bonds. The summed E-state index contributed by atoms with van der Waals surface area (Å²) in [6.45, 7) is 8.55. The number of ether oxygens (including phenoxy) is 1. The summed E-state index contributed by atoms with van der Waals surface area (Å²) in [6.07, 6.45) is 1.02. The van der Waals surface area contributed by atoms with Gasteiger partial charge in [-0.15, -0.1) is 0 Å². The molecule has 1 N–H and O–H groups in total. The molecule has 0 bridgehead atoms. The van der Waals surface area contributed by atoms with Gasteiger partial charge < -0.3 is 9.84 Å². The topological polar surface area (TPSA) is 81.4 Å². The van der Waals surface area contributed by atoms with Crippen LogP contribution in [0.1, 0.15) is 50.7 Å². The summed E-state index contributed by atoms with van der Waals surface area (Å²) in [6, 6.07) is -0.168. The molecule has 6 heteroatoms. The van der Waals surface area contributed by atoms with E-state index in [1.807, 2.05) is 27.7 Å². The Balaban J connectivity index is 3.42. The van der Waals surface area contributed by atoms with E-state index in [0.717, 1.165) is 5.69 Å². The molecule has 1 aromatic heterocycles. The van der Waals surface area contributed by atoms with Crippen LogP contribution in [0.3, 0.4) is 0 Å². The first-order chi connectivity index (χ1) is 9.96. The lowest BCUT2D eigenvalue weighted by atomic mass is 10.0. The van der Waals surface area contributed by atoms with Crippen LogP contribution in [0.4, 0.5) is 0 Å².